The Hall–Kier alpha value is -1.76. The largest absolute Gasteiger partial charge is 0.416 e. The minimum Gasteiger partial charge on any atom is -0.393 e. The SMILES string of the molecule is O=C(NCC1CCCC1O)Nc1cccc(C(F)(F)F)c1. The van der Waals surface area contributed by atoms with E-state index in [0.29, 0.717) is 6.54 Å². The highest BCUT2D eigenvalue weighted by molar-refractivity contribution is 5.89. The zero-order valence-corrected chi connectivity index (χ0v) is 11.3. The fourth-order valence-corrected chi connectivity index (χ4v) is 2.43. The molecule has 1 aliphatic rings. The number of carbonyl (C=O) groups is 1. The molecule has 7 heteroatoms. The number of halogens is 3. The molecule has 0 saturated heterocycles. The summed E-state index contributed by atoms with van der Waals surface area (Å²) in [6.45, 7) is 0.311. The van der Waals surface area contributed by atoms with Crippen molar-refractivity contribution in [2.24, 2.45) is 5.92 Å². The zero-order valence-electron chi connectivity index (χ0n) is 11.3. The molecule has 1 fully saturated rings. The summed E-state index contributed by atoms with van der Waals surface area (Å²) in [5.41, 5.74) is -0.735. The molecule has 4 nitrogen and oxygen atoms in total. The molecular formula is C14H17F3N2O2. The van der Waals surface area contributed by atoms with E-state index in [-0.39, 0.29) is 11.6 Å². The maximum absolute atomic E-state index is 12.5. The van der Waals surface area contributed by atoms with Crippen LogP contribution < -0.4 is 10.6 Å². The van der Waals surface area contributed by atoms with Gasteiger partial charge in [-0.25, -0.2) is 4.79 Å². The van der Waals surface area contributed by atoms with Crippen molar-refractivity contribution >= 4 is 11.7 Å². The average molecular weight is 302 g/mol. The topological polar surface area (TPSA) is 61.4 Å². The van der Waals surface area contributed by atoms with Crippen LogP contribution in [0.5, 0.6) is 0 Å². The Labute approximate surface area is 120 Å². The highest BCUT2D eigenvalue weighted by Gasteiger charge is 2.30. The first-order chi connectivity index (χ1) is 9.86. The van der Waals surface area contributed by atoms with Crippen LogP contribution in [0.3, 0.4) is 0 Å². The lowest BCUT2D eigenvalue weighted by atomic mass is 10.1. The molecule has 0 heterocycles. The minimum atomic E-state index is -4.44. The van der Waals surface area contributed by atoms with Crippen molar-refractivity contribution in [2.75, 3.05) is 11.9 Å². The quantitative estimate of drug-likeness (QED) is 0.804. The molecule has 1 saturated carbocycles. The second kappa shape index (κ2) is 6.34. The van der Waals surface area contributed by atoms with Gasteiger partial charge in [0.25, 0.3) is 0 Å². The van der Waals surface area contributed by atoms with Crippen LogP contribution in [-0.4, -0.2) is 23.8 Å². The maximum Gasteiger partial charge on any atom is 0.416 e. The number of alkyl halides is 3. The van der Waals surface area contributed by atoms with Crippen LogP contribution in [0.4, 0.5) is 23.7 Å². The lowest BCUT2D eigenvalue weighted by Crippen LogP contribution is -2.35. The van der Waals surface area contributed by atoms with E-state index in [1.165, 1.54) is 12.1 Å². The Balaban J connectivity index is 1.88. The fraction of sp³-hybridized carbons (Fsp3) is 0.500. The van der Waals surface area contributed by atoms with Crippen LogP contribution in [-0.2, 0) is 6.18 Å². The van der Waals surface area contributed by atoms with Crippen LogP contribution in [0.25, 0.3) is 0 Å². The summed E-state index contributed by atoms with van der Waals surface area (Å²) < 4.78 is 37.6. The summed E-state index contributed by atoms with van der Waals surface area (Å²) in [6.07, 6.45) is -2.38. The molecule has 2 amide bonds. The number of carbonyl (C=O) groups excluding carboxylic acids is 1. The van der Waals surface area contributed by atoms with Gasteiger partial charge in [-0.2, -0.15) is 13.2 Å². The molecule has 1 aliphatic carbocycles. The molecule has 0 bridgehead atoms. The van der Waals surface area contributed by atoms with Gasteiger partial charge in [0.2, 0.25) is 0 Å². The number of urea groups is 1. The highest BCUT2D eigenvalue weighted by atomic mass is 19.4. The monoisotopic (exact) mass is 302 g/mol. The van der Waals surface area contributed by atoms with E-state index < -0.39 is 23.9 Å². The van der Waals surface area contributed by atoms with Gasteiger partial charge in [0, 0.05) is 18.2 Å². The van der Waals surface area contributed by atoms with Gasteiger partial charge in [0.1, 0.15) is 0 Å². The number of aliphatic hydroxyl groups excluding tert-OH is 1. The zero-order chi connectivity index (χ0) is 15.5. The second-order valence-corrected chi connectivity index (χ2v) is 5.17. The number of benzene rings is 1. The Morgan fingerprint density at radius 2 is 2.10 bits per heavy atom. The average Bonchev–Trinajstić information content (AvgIpc) is 2.81. The van der Waals surface area contributed by atoms with Crippen LogP contribution in [0.1, 0.15) is 24.8 Å². The van der Waals surface area contributed by atoms with Crippen LogP contribution in [0.15, 0.2) is 24.3 Å². The van der Waals surface area contributed by atoms with Crippen molar-refractivity contribution in [1.82, 2.24) is 5.32 Å². The third-order valence-electron chi connectivity index (χ3n) is 3.59. The third kappa shape index (κ3) is 4.35. The Kier molecular flexibility index (Phi) is 4.72. The van der Waals surface area contributed by atoms with Gasteiger partial charge < -0.3 is 15.7 Å². The van der Waals surface area contributed by atoms with Gasteiger partial charge in [-0.05, 0) is 31.0 Å². The van der Waals surface area contributed by atoms with E-state index in [9.17, 15) is 23.1 Å². The van der Waals surface area contributed by atoms with Gasteiger partial charge in [-0.3, -0.25) is 0 Å². The minimum absolute atomic E-state index is 0.0114. The standard InChI is InChI=1S/C14H17F3N2O2/c15-14(16,17)10-4-2-5-11(7-10)19-13(21)18-8-9-3-1-6-12(9)20/h2,4-5,7,9,12,20H,1,3,6,8H2,(H2,18,19,21). The van der Waals surface area contributed by atoms with Crippen molar-refractivity contribution in [2.45, 2.75) is 31.5 Å². The summed E-state index contributed by atoms with van der Waals surface area (Å²) in [5, 5.41) is 14.6. The molecule has 0 spiro atoms. The first-order valence-electron chi connectivity index (χ1n) is 6.76. The Bertz CT molecular complexity index is 505. The smallest absolute Gasteiger partial charge is 0.393 e. The summed E-state index contributed by atoms with van der Waals surface area (Å²) in [4.78, 5) is 11.7. The summed E-state index contributed by atoms with van der Waals surface area (Å²) in [7, 11) is 0. The molecule has 0 aliphatic heterocycles. The molecule has 2 rings (SSSR count). The van der Waals surface area contributed by atoms with E-state index in [1.807, 2.05) is 0 Å². The fourth-order valence-electron chi connectivity index (χ4n) is 2.43. The Morgan fingerprint density at radius 1 is 1.33 bits per heavy atom. The highest BCUT2D eigenvalue weighted by Crippen LogP contribution is 2.30. The third-order valence-corrected chi connectivity index (χ3v) is 3.59. The molecule has 0 radical (unpaired) electrons. The van der Waals surface area contributed by atoms with Crippen molar-refractivity contribution in [3.8, 4) is 0 Å². The Morgan fingerprint density at radius 3 is 2.71 bits per heavy atom. The molecule has 116 valence electrons. The molecule has 1 aromatic carbocycles. The summed E-state index contributed by atoms with van der Waals surface area (Å²) in [6, 6.07) is 3.87. The van der Waals surface area contributed by atoms with Crippen molar-refractivity contribution in [3.63, 3.8) is 0 Å². The lowest BCUT2D eigenvalue weighted by Gasteiger charge is -2.16. The molecular weight excluding hydrogens is 285 g/mol. The van der Waals surface area contributed by atoms with E-state index in [4.69, 9.17) is 0 Å². The van der Waals surface area contributed by atoms with Gasteiger partial charge >= 0.3 is 12.2 Å². The van der Waals surface area contributed by atoms with Gasteiger partial charge in [-0.1, -0.05) is 12.5 Å². The molecule has 2 atom stereocenters. The van der Waals surface area contributed by atoms with Crippen LogP contribution >= 0.6 is 0 Å². The number of hydrogen-bond acceptors (Lipinski definition) is 2. The van der Waals surface area contributed by atoms with Crippen LogP contribution in [0, 0.1) is 5.92 Å². The number of anilines is 1. The predicted molar refractivity (Wildman–Crippen MR) is 71.8 cm³/mol. The van der Waals surface area contributed by atoms with E-state index >= 15 is 0 Å². The number of aliphatic hydroxyl groups is 1. The summed E-state index contributed by atoms with van der Waals surface area (Å²) >= 11 is 0. The first kappa shape index (κ1) is 15.6. The van der Waals surface area contributed by atoms with Crippen LogP contribution in [0.2, 0.25) is 0 Å². The number of amides is 2. The first-order valence-corrected chi connectivity index (χ1v) is 6.76. The number of nitrogens with one attached hydrogen (secondary N) is 2. The second-order valence-electron chi connectivity index (χ2n) is 5.17. The maximum atomic E-state index is 12.5. The van der Waals surface area contributed by atoms with E-state index in [1.54, 1.807) is 0 Å². The normalized spacial score (nSPS) is 22.1. The molecule has 1 aromatic rings. The van der Waals surface area contributed by atoms with Gasteiger partial charge in [0.15, 0.2) is 0 Å². The van der Waals surface area contributed by atoms with Crippen molar-refractivity contribution < 1.29 is 23.1 Å². The van der Waals surface area contributed by atoms with E-state index in [2.05, 4.69) is 10.6 Å². The van der Waals surface area contributed by atoms with E-state index in [0.717, 1.165) is 31.4 Å². The van der Waals surface area contributed by atoms with Crippen molar-refractivity contribution in [3.05, 3.63) is 29.8 Å². The number of hydrogen-bond donors (Lipinski definition) is 3. The molecule has 21 heavy (non-hydrogen) atoms. The number of rotatable bonds is 3. The molecule has 0 aromatic heterocycles. The van der Waals surface area contributed by atoms with Gasteiger partial charge in [-0.15, -0.1) is 0 Å². The lowest BCUT2D eigenvalue weighted by molar-refractivity contribution is -0.137. The molecule has 2 unspecified atom stereocenters. The summed E-state index contributed by atoms with van der Waals surface area (Å²) in [5.74, 6) is 0.0114. The predicted octanol–water partition coefficient (Wildman–Crippen LogP) is 2.99. The molecule has 3 N–H and O–H groups in total. The van der Waals surface area contributed by atoms with Crippen molar-refractivity contribution in [1.29, 1.82) is 0 Å². The van der Waals surface area contributed by atoms with Gasteiger partial charge in [0.05, 0.1) is 11.7 Å².